The number of para-hydroxylation sites is 1. The third kappa shape index (κ3) is 6.58. The van der Waals surface area contributed by atoms with Gasteiger partial charge in [-0.05, 0) is 74.0 Å². The number of nitrogens with zero attached hydrogens (tertiary/aromatic N) is 4. The first-order valence-electron chi connectivity index (χ1n) is 13.0. The van der Waals surface area contributed by atoms with E-state index in [9.17, 15) is 4.79 Å². The van der Waals surface area contributed by atoms with Crippen LogP contribution in [0, 0.1) is 5.92 Å². The molecular weight excluding hydrogens is 476 g/mol. The largest absolute Gasteiger partial charge is 0.497 e. The number of aromatic nitrogens is 3. The van der Waals surface area contributed by atoms with Crippen LogP contribution >= 0.6 is 0 Å². The number of amides is 1. The Hall–Kier alpha value is -4.17. The van der Waals surface area contributed by atoms with Gasteiger partial charge in [0.1, 0.15) is 11.6 Å². The highest BCUT2D eigenvalue weighted by Gasteiger charge is 2.29. The topological polar surface area (TPSA) is 86.4 Å². The molecule has 0 unspecified atom stereocenters. The Kier molecular flexibility index (Phi) is 7.99. The number of nitrogens with one attached hydrogen (secondary N) is 2. The van der Waals surface area contributed by atoms with Crippen molar-refractivity contribution in [2.75, 3.05) is 50.6 Å². The van der Waals surface area contributed by atoms with Crippen molar-refractivity contribution in [3.63, 3.8) is 0 Å². The van der Waals surface area contributed by atoms with Gasteiger partial charge in [-0.3, -0.25) is 9.89 Å². The van der Waals surface area contributed by atoms with Crippen molar-refractivity contribution < 1.29 is 9.53 Å². The molecule has 1 aliphatic carbocycles. The standard InChI is InChI=1S/C19H21N5.C11H13NO2/c1-23-10-12-24(13-11-23)19-9-7-15(14-20-19)6-8-18-16-4-2-3-5-17(16)21-22-18;1-14-10-6-4-9(5-7-10)12-11(13)8-2-3-8/h2-9,14H,10-13H2,1H3,(H,21,22);4-8H,2-3H2,1H3,(H,12,13)/b8-6+;. The molecule has 1 aliphatic heterocycles. The Labute approximate surface area is 223 Å². The molecule has 0 atom stereocenters. The Bertz CT molecular complexity index is 1370. The molecule has 3 heterocycles. The first kappa shape index (κ1) is 25.5. The van der Waals surface area contributed by atoms with Gasteiger partial charge < -0.3 is 19.9 Å². The molecule has 0 spiro atoms. The van der Waals surface area contributed by atoms with E-state index < -0.39 is 0 Å². The van der Waals surface area contributed by atoms with Gasteiger partial charge in [0, 0.05) is 49.4 Å². The quantitative estimate of drug-likeness (QED) is 0.383. The minimum Gasteiger partial charge on any atom is -0.497 e. The molecule has 2 aromatic carbocycles. The SMILES string of the molecule is CN1CCN(c2ccc(/C=C/c3n[nH]c4ccccc34)cn2)CC1.COc1ccc(NC(=O)C2CC2)cc1. The zero-order chi connectivity index (χ0) is 26.3. The summed E-state index contributed by atoms with van der Waals surface area (Å²) >= 11 is 0. The van der Waals surface area contributed by atoms with E-state index in [0.717, 1.165) is 78.4 Å². The van der Waals surface area contributed by atoms with E-state index in [-0.39, 0.29) is 11.8 Å². The number of carbonyl (C=O) groups is 1. The first-order valence-corrected chi connectivity index (χ1v) is 13.0. The zero-order valence-electron chi connectivity index (χ0n) is 21.9. The maximum Gasteiger partial charge on any atom is 0.227 e. The number of hydrogen-bond donors (Lipinski definition) is 2. The number of pyridine rings is 1. The van der Waals surface area contributed by atoms with Crippen molar-refractivity contribution in [1.29, 1.82) is 0 Å². The molecule has 6 rings (SSSR count). The average molecular weight is 511 g/mol. The summed E-state index contributed by atoms with van der Waals surface area (Å²) in [6.07, 6.45) is 8.08. The van der Waals surface area contributed by atoms with Gasteiger partial charge in [-0.15, -0.1) is 0 Å². The Balaban J connectivity index is 0.000000179. The molecule has 38 heavy (non-hydrogen) atoms. The van der Waals surface area contributed by atoms with Crippen LogP contribution in [0.3, 0.4) is 0 Å². The number of methoxy groups -OCH3 is 1. The Morgan fingerprint density at radius 1 is 1.00 bits per heavy atom. The minimum atomic E-state index is 0.134. The van der Waals surface area contributed by atoms with Crippen molar-refractivity contribution in [1.82, 2.24) is 20.1 Å². The van der Waals surface area contributed by atoms with Gasteiger partial charge >= 0.3 is 0 Å². The van der Waals surface area contributed by atoms with Crippen molar-refractivity contribution in [2.24, 2.45) is 5.92 Å². The summed E-state index contributed by atoms with van der Waals surface area (Å²) in [6.45, 7) is 4.26. The predicted molar refractivity (Wildman–Crippen MR) is 153 cm³/mol. The van der Waals surface area contributed by atoms with Crippen LogP contribution < -0.4 is 15.0 Å². The second-order valence-corrected chi connectivity index (χ2v) is 9.72. The lowest BCUT2D eigenvalue weighted by Gasteiger charge is -2.33. The van der Waals surface area contributed by atoms with Crippen LogP contribution in [-0.4, -0.2) is 66.3 Å². The van der Waals surface area contributed by atoms with E-state index >= 15 is 0 Å². The summed E-state index contributed by atoms with van der Waals surface area (Å²) in [6, 6.07) is 19.7. The van der Waals surface area contributed by atoms with Crippen molar-refractivity contribution in [3.8, 4) is 5.75 Å². The maximum atomic E-state index is 11.4. The van der Waals surface area contributed by atoms with Gasteiger partial charge in [0.15, 0.2) is 0 Å². The number of carbonyl (C=O) groups excluding carboxylic acids is 1. The van der Waals surface area contributed by atoms with Gasteiger partial charge in [-0.1, -0.05) is 24.3 Å². The maximum absolute atomic E-state index is 11.4. The molecular formula is C30H34N6O2. The molecule has 0 bridgehead atoms. The lowest BCUT2D eigenvalue weighted by molar-refractivity contribution is -0.117. The number of aromatic amines is 1. The molecule has 2 N–H and O–H groups in total. The monoisotopic (exact) mass is 510 g/mol. The van der Waals surface area contributed by atoms with Crippen LogP contribution in [0.2, 0.25) is 0 Å². The summed E-state index contributed by atoms with van der Waals surface area (Å²) in [5, 5.41) is 11.4. The molecule has 2 aliphatic rings. The molecule has 1 amide bonds. The van der Waals surface area contributed by atoms with Gasteiger partial charge in [0.2, 0.25) is 5.91 Å². The molecule has 8 nitrogen and oxygen atoms in total. The molecule has 0 radical (unpaired) electrons. The van der Waals surface area contributed by atoms with E-state index in [0.29, 0.717) is 0 Å². The molecule has 1 saturated carbocycles. The molecule has 8 heteroatoms. The second kappa shape index (κ2) is 11.9. The van der Waals surface area contributed by atoms with Crippen LogP contribution in [-0.2, 0) is 4.79 Å². The highest BCUT2D eigenvalue weighted by Crippen LogP contribution is 2.30. The van der Waals surface area contributed by atoms with Crippen LogP contribution in [0.1, 0.15) is 24.1 Å². The number of piperazine rings is 1. The van der Waals surface area contributed by atoms with Crippen molar-refractivity contribution >= 4 is 40.5 Å². The summed E-state index contributed by atoms with van der Waals surface area (Å²) in [7, 11) is 3.79. The smallest absolute Gasteiger partial charge is 0.227 e. The summed E-state index contributed by atoms with van der Waals surface area (Å²) in [5.74, 6) is 2.24. The van der Waals surface area contributed by atoms with Crippen LogP contribution in [0.25, 0.3) is 23.1 Å². The Morgan fingerprint density at radius 3 is 2.45 bits per heavy atom. The summed E-state index contributed by atoms with van der Waals surface area (Å²) < 4.78 is 5.02. The molecule has 1 saturated heterocycles. The highest BCUT2D eigenvalue weighted by molar-refractivity contribution is 5.94. The number of likely N-dealkylation sites (N-methyl/N-ethyl adjacent to an activating group) is 1. The fraction of sp³-hybridized carbons (Fsp3) is 0.300. The first-order chi connectivity index (χ1) is 18.6. The number of hydrogen-bond acceptors (Lipinski definition) is 6. The molecule has 196 valence electrons. The van der Waals surface area contributed by atoms with Gasteiger partial charge in [0.05, 0.1) is 18.3 Å². The summed E-state index contributed by atoms with van der Waals surface area (Å²) in [5.41, 5.74) is 3.93. The zero-order valence-corrected chi connectivity index (χ0v) is 21.9. The van der Waals surface area contributed by atoms with Crippen molar-refractivity contribution in [2.45, 2.75) is 12.8 Å². The van der Waals surface area contributed by atoms with Gasteiger partial charge in [-0.2, -0.15) is 5.10 Å². The Morgan fingerprint density at radius 2 is 1.76 bits per heavy atom. The fourth-order valence-corrected chi connectivity index (χ4v) is 4.27. The highest BCUT2D eigenvalue weighted by atomic mass is 16.5. The van der Waals surface area contributed by atoms with Gasteiger partial charge in [0.25, 0.3) is 0 Å². The van der Waals surface area contributed by atoms with Crippen LogP contribution in [0.15, 0.2) is 66.9 Å². The van der Waals surface area contributed by atoms with Crippen LogP contribution in [0.5, 0.6) is 5.75 Å². The predicted octanol–water partition coefficient (Wildman–Crippen LogP) is 4.92. The van der Waals surface area contributed by atoms with E-state index in [1.807, 2.05) is 54.7 Å². The third-order valence-electron chi connectivity index (χ3n) is 6.84. The van der Waals surface area contributed by atoms with E-state index in [1.165, 1.54) is 0 Å². The van der Waals surface area contributed by atoms with Gasteiger partial charge in [-0.25, -0.2) is 4.98 Å². The third-order valence-corrected chi connectivity index (χ3v) is 6.84. The number of benzene rings is 2. The number of fused-ring (bicyclic) bond motifs is 1. The minimum absolute atomic E-state index is 0.134. The lowest BCUT2D eigenvalue weighted by Crippen LogP contribution is -2.44. The average Bonchev–Trinajstić information content (AvgIpc) is 3.74. The number of H-pyrrole nitrogens is 1. The van der Waals surface area contributed by atoms with Crippen LogP contribution in [0.4, 0.5) is 11.5 Å². The number of rotatable bonds is 6. The number of anilines is 2. The molecule has 2 fully saturated rings. The van der Waals surface area contributed by atoms with Crippen molar-refractivity contribution in [3.05, 3.63) is 78.1 Å². The van der Waals surface area contributed by atoms with E-state index in [2.05, 4.69) is 61.6 Å². The van der Waals surface area contributed by atoms with E-state index in [4.69, 9.17) is 4.74 Å². The normalized spacial score (nSPS) is 15.8. The lowest BCUT2D eigenvalue weighted by atomic mass is 10.2. The summed E-state index contributed by atoms with van der Waals surface area (Å²) in [4.78, 5) is 20.7. The van der Waals surface area contributed by atoms with E-state index in [1.54, 1.807) is 7.11 Å². The fourth-order valence-electron chi connectivity index (χ4n) is 4.27. The number of ether oxygens (including phenoxy) is 1. The molecule has 2 aromatic heterocycles. The molecule has 4 aromatic rings. The second-order valence-electron chi connectivity index (χ2n) is 9.72.